The number of anilines is 1. The summed E-state index contributed by atoms with van der Waals surface area (Å²) in [4.78, 5) is 25.1. The van der Waals surface area contributed by atoms with Gasteiger partial charge in [-0.3, -0.25) is 9.59 Å². The van der Waals surface area contributed by atoms with Crippen LogP contribution in [0.1, 0.15) is 21.4 Å². The first-order valence-corrected chi connectivity index (χ1v) is 9.53. The van der Waals surface area contributed by atoms with Crippen molar-refractivity contribution >= 4 is 40.2 Å². The summed E-state index contributed by atoms with van der Waals surface area (Å²) in [6.07, 6.45) is -0.745. The number of thiophene rings is 2. The number of aliphatic hydroxyl groups is 1. The largest absolute Gasteiger partial charge is 0.383 e. The van der Waals surface area contributed by atoms with Crippen LogP contribution in [0, 0.1) is 11.6 Å². The molecule has 3 rings (SSSR count). The molecule has 0 saturated carbocycles. The maximum absolute atomic E-state index is 13.5. The lowest BCUT2D eigenvalue weighted by atomic mass is 10.2. The molecule has 0 aliphatic carbocycles. The Hall–Kier alpha value is -2.62. The molecule has 1 atom stereocenters. The Morgan fingerprint density at radius 3 is 2.67 bits per heavy atom. The Kier molecular flexibility index (Phi) is 5.94. The molecule has 2 aromatic heterocycles. The van der Waals surface area contributed by atoms with Crippen LogP contribution in [0.2, 0.25) is 0 Å². The van der Waals surface area contributed by atoms with Crippen molar-refractivity contribution in [3.05, 3.63) is 74.1 Å². The van der Waals surface area contributed by atoms with Crippen molar-refractivity contribution < 1.29 is 23.5 Å². The molecule has 0 bridgehead atoms. The number of carbonyl (C=O) groups excluding carboxylic acids is 2. The smallest absolute Gasteiger partial charge is 0.313 e. The van der Waals surface area contributed by atoms with Crippen molar-refractivity contribution in [3.63, 3.8) is 0 Å². The zero-order valence-corrected chi connectivity index (χ0v) is 15.4. The van der Waals surface area contributed by atoms with E-state index in [0.29, 0.717) is 4.88 Å². The van der Waals surface area contributed by atoms with E-state index in [1.165, 1.54) is 22.7 Å². The van der Waals surface area contributed by atoms with Gasteiger partial charge in [0.15, 0.2) is 0 Å². The molecule has 9 heteroatoms. The highest BCUT2D eigenvalue weighted by molar-refractivity contribution is 7.12. The summed E-state index contributed by atoms with van der Waals surface area (Å²) in [5, 5.41) is 18.4. The van der Waals surface area contributed by atoms with Crippen molar-refractivity contribution in [1.82, 2.24) is 5.32 Å². The van der Waals surface area contributed by atoms with Crippen molar-refractivity contribution in [2.45, 2.75) is 12.6 Å². The first kappa shape index (κ1) is 19.2. The first-order valence-electron chi connectivity index (χ1n) is 7.77. The Morgan fingerprint density at radius 1 is 1.11 bits per heavy atom. The third-order valence-electron chi connectivity index (χ3n) is 3.62. The number of halogens is 2. The standard InChI is InChI=1S/C18H14F2N2O3S2/c19-11-1-3-13(20)14(7-11)22-18(25)17(24)21-8-12-2-4-15(27-12)16(23)10-5-6-26-9-10/h1-7,9,16,23H,8H2,(H,21,24)(H,22,25). The van der Waals surface area contributed by atoms with E-state index in [-0.39, 0.29) is 6.54 Å². The number of rotatable bonds is 5. The molecular weight excluding hydrogens is 394 g/mol. The second-order valence-electron chi connectivity index (χ2n) is 5.52. The number of carbonyl (C=O) groups is 2. The van der Waals surface area contributed by atoms with Gasteiger partial charge in [-0.2, -0.15) is 11.3 Å². The fraction of sp³-hybridized carbons (Fsp3) is 0.111. The molecule has 0 aliphatic rings. The van der Waals surface area contributed by atoms with Crippen molar-refractivity contribution in [2.75, 3.05) is 5.32 Å². The third kappa shape index (κ3) is 4.76. The zero-order valence-electron chi connectivity index (χ0n) is 13.7. The van der Waals surface area contributed by atoms with Crippen molar-refractivity contribution in [1.29, 1.82) is 0 Å². The van der Waals surface area contributed by atoms with Gasteiger partial charge < -0.3 is 15.7 Å². The highest BCUT2D eigenvalue weighted by atomic mass is 32.1. The lowest BCUT2D eigenvalue weighted by Gasteiger charge is -2.07. The summed E-state index contributed by atoms with van der Waals surface area (Å²) in [6, 6.07) is 7.86. The summed E-state index contributed by atoms with van der Waals surface area (Å²) in [6.45, 7) is 0.0684. The SMILES string of the molecule is O=C(NCc1ccc(C(O)c2ccsc2)s1)C(=O)Nc1cc(F)ccc1F. The van der Waals surface area contributed by atoms with E-state index in [9.17, 15) is 23.5 Å². The number of aliphatic hydroxyl groups excluding tert-OH is 1. The molecule has 0 saturated heterocycles. The molecule has 2 amide bonds. The van der Waals surface area contributed by atoms with Crippen LogP contribution in [0.4, 0.5) is 14.5 Å². The molecule has 2 heterocycles. The van der Waals surface area contributed by atoms with E-state index in [4.69, 9.17) is 0 Å². The van der Waals surface area contributed by atoms with Gasteiger partial charge in [-0.05, 0) is 46.7 Å². The second kappa shape index (κ2) is 8.38. The maximum atomic E-state index is 13.5. The summed E-state index contributed by atoms with van der Waals surface area (Å²) >= 11 is 2.78. The molecule has 0 fully saturated rings. The predicted octanol–water partition coefficient (Wildman–Crippen LogP) is 3.42. The van der Waals surface area contributed by atoms with Crippen molar-refractivity contribution in [3.8, 4) is 0 Å². The highest BCUT2D eigenvalue weighted by Crippen LogP contribution is 2.29. The van der Waals surface area contributed by atoms with Gasteiger partial charge in [-0.1, -0.05) is 0 Å². The Labute approximate surface area is 161 Å². The molecule has 0 radical (unpaired) electrons. The molecule has 1 unspecified atom stereocenters. The van der Waals surface area contributed by atoms with E-state index >= 15 is 0 Å². The van der Waals surface area contributed by atoms with Crippen LogP contribution in [0.5, 0.6) is 0 Å². The van der Waals surface area contributed by atoms with Gasteiger partial charge in [0.1, 0.15) is 17.7 Å². The van der Waals surface area contributed by atoms with Crippen LogP contribution in [-0.2, 0) is 16.1 Å². The highest BCUT2D eigenvalue weighted by Gasteiger charge is 2.17. The summed E-state index contributed by atoms with van der Waals surface area (Å²) < 4.78 is 26.6. The Morgan fingerprint density at radius 2 is 1.93 bits per heavy atom. The average Bonchev–Trinajstić information content (AvgIpc) is 3.34. The Bertz CT molecular complexity index is 957. The Balaban J connectivity index is 1.56. The number of hydrogen-bond acceptors (Lipinski definition) is 5. The van der Waals surface area contributed by atoms with Crippen LogP contribution in [0.3, 0.4) is 0 Å². The van der Waals surface area contributed by atoms with Gasteiger partial charge in [0.25, 0.3) is 0 Å². The summed E-state index contributed by atoms with van der Waals surface area (Å²) in [5.74, 6) is -3.66. The molecular formula is C18H14F2N2O3S2. The zero-order chi connectivity index (χ0) is 19.4. The van der Waals surface area contributed by atoms with Crippen LogP contribution in [0.25, 0.3) is 0 Å². The van der Waals surface area contributed by atoms with Gasteiger partial charge >= 0.3 is 11.8 Å². The van der Waals surface area contributed by atoms with E-state index in [1.807, 2.05) is 22.1 Å². The first-order chi connectivity index (χ1) is 12.9. The topological polar surface area (TPSA) is 78.4 Å². The molecule has 0 spiro atoms. The van der Waals surface area contributed by atoms with Crippen LogP contribution in [0.15, 0.2) is 47.2 Å². The van der Waals surface area contributed by atoms with E-state index < -0.39 is 35.2 Å². The quantitative estimate of drug-likeness (QED) is 0.566. The minimum Gasteiger partial charge on any atom is -0.383 e. The van der Waals surface area contributed by atoms with Gasteiger partial charge in [-0.25, -0.2) is 8.78 Å². The van der Waals surface area contributed by atoms with E-state index in [0.717, 1.165) is 28.6 Å². The van der Waals surface area contributed by atoms with E-state index in [2.05, 4.69) is 5.32 Å². The lowest BCUT2D eigenvalue weighted by molar-refractivity contribution is -0.136. The fourth-order valence-electron chi connectivity index (χ4n) is 2.25. The lowest BCUT2D eigenvalue weighted by Crippen LogP contribution is -2.35. The number of nitrogens with one attached hydrogen (secondary N) is 2. The predicted molar refractivity (Wildman–Crippen MR) is 99.5 cm³/mol. The normalized spacial score (nSPS) is 11.8. The fourth-order valence-corrected chi connectivity index (χ4v) is 3.90. The minimum atomic E-state index is -1.10. The molecule has 0 aliphatic heterocycles. The van der Waals surface area contributed by atoms with Crippen LogP contribution < -0.4 is 10.6 Å². The molecule has 5 nitrogen and oxygen atoms in total. The molecule has 27 heavy (non-hydrogen) atoms. The summed E-state index contributed by atoms with van der Waals surface area (Å²) in [7, 11) is 0. The molecule has 140 valence electrons. The van der Waals surface area contributed by atoms with Gasteiger partial charge in [-0.15, -0.1) is 11.3 Å². The van der Waals surface area contributed by atoms with Gasteiger partial charge in [0.05, 0.1) is 12.2 Å². The molecule has 3 N–H and O–H groups in total. The number of benzene rings is 1. The summed E-state index contributed by atoms with van der Waals surface area (Å²) in [5.41, 5.74) is 0.376. The molecule has 1 aromatic carbocycles. The monoisotopic (exact) mass is 408 g/mol. The van der Waals surface area contributed by atoms with Gasteiger partial charge in [0, 0.05) is 15.8 Å². The third-order valence-corrected chi connectivity index (χ3v) is 5.46. The minimum absolute atomic E-state index is 0.0684. The maximum Gasteiger partial charge on any atom is 0.313 e. The van der Waals surface area contributed by atoms with Crippen molar-refractivity contribution in [2.24, 2.45) is 0 Å². The number of amides is 2. The van der Waals surface area contributed by atoms with Crippen LogP contribution >= 0.6 is 22.7 Å². The van der Waals surface area contributed by atoms with Crippen LogP contribution in [-0.4, -0.2) is 16.9 Å². The van der Waals surface area contributed by atoms with Gasteiger partial charge in [0.2, 0.25) is 0 Å². The second-order valence-corrected chi connectivity index (χ2v) is 7.50. The average molecular weight is 408 g/mol. The molecule has 3 aromatic rings. The number of hydrogen-bond donors (Lipinski definition) is 3. The van der Waals surface area contributed by atoms with E-state index in [1.54, 1.807) is 12.1 Å².